The van der Waals surface area contributed by atoms with Crippen LogP contribution in [0.4, 0.5) is 0 Å². The van der Waals surface area contributed by atoms with E-state index in [0.29, 0.717) is 12.1 Å². The number of nitrogens with one attached hydrogen (secondary N) is 1. The second kappa shape index (κ2) is 5.68. The van der Waals surface area contributed by atoms with E-state index < -0.39 is 0 Å². The molecular formula is C15H18N2O. The number of hydrogen-bond donors (Lipinski definition) is 1. The Morgan fingerprint density at radius 2 is 2.11 bits per heavy atom. The molecule has 1 amide bonds. The maximum absolute atomic E-state index is 11.9. The van der Waals surface area contributed by atoms with E-state index in [2.05, 4.69) is 17.5 Å². The third-order valence-corrected chi connectivity index (χ3v) is 3.40. The van der Waals surface area contributed by atoms with E-state index in [1.54, 1.807) is 6.92 Å². The van der Waals surface area contributed by atoms with Crippen LogP contribution in [-0.2, 0) is 12.8 Å². The normalized spacial score (nSPS) is 15.3. The van der Waals surface area contributed by atoms with Gasteiger partial charge in [0.25, 0.3) is 5.91 Å². The zero-order valence-corrected chi connectivity index (χ0v) is 10.7. The van der Waals surface area contributed by atoms with Crippen LogP contribution in [0.2, 0.25) is 0 Å². The Labute approximate surface area is 108 Å². The van der Waals surface area contributed by atoms with Gasteiger partial charge < -0.3 is 5.32 Å². The highest BCUT2D eigenvalue weighted by Gasteiger charge is 2.13. The minimum absolute atomic E-state index is 0.0783. The van der Waals surface area contributed by atoms with Gasteiger partial charge in [-0.1, -0.05) is 6.07 Å². The maximum Gasteiger partial charge on any atom is 0.251 e. The van der Waals surface area contributed by atoms with E-state index in [4.69, 9.17) is 5.26 Å². The van der Waals surface area contributed by atoms with Crippen LogP contribution in [0.1, 0.15) is 41.3 Å². The van der Waals surface area contributed by atoms with Crippen molar-refractivity contribution in [1.82, 2.24) is 5.32 Å². The lowest BCUT2D eigenvalue weighted by atomic mass is 9.90. The number of rotatable bonds is 3. The van der Waals surface area contributed by atoms with E-state index in [1.807, 2.05) is 12.1 Å². The van der Waals surface area contributed by atoms with Gasteiger partial charge in [0.1, 0.15) is 0 Å². The zero-order valence-electron chi connectivity index (χ0n) is 10.7. The van der Waals surface area contributed by atoms with Crippen molar-refractivity contribution in [3.8, 4) is 6.07 Å². The first-order valence-electron chi connectivity index (χ1n) is 6.50. The second-order valence-corrected chi connectivity index (χ2v) is 4.93. The molecule has 0 radical (unpaired) electrons. The van der Waals surface area contributed by atoms with E-state index in [9.17, 15) is 4.79 Å². The van der Waals surface area contributed by atoms with Crippen molar-refractivity contribution in [2.45, 2.75) is 32.6 Å². The van der Waals surface area contributed by atoms with Gasteiger partial charge >= 0.3 is 0 Å². The quantitative estimate of drug-likeness (QED) is 0.885. The summed E-state index contributed by atoms with van der Waals surface area (Å²) >= 11 is 0. The Kier molecular flexibility index (Phi) is 3.99. The number of carbonyl (C=O) groups excluding carboxylic acids is 1. The fourth-order valence-corrected chi connectivity index (χ4v) is 2.27. The first-order chi connectivity index (χ1) is 8.70. The van der Waals surface area contributed by atoms with Crippen LogP contribution in [0.15, 0.2) is 18.2 Å². The van der Waals surface area contributed by atoms with E-state index >= 15 is 0 Å². The fourth-order valence-electron chi connectivity index (χ4n) is 2.27. The number of carbonyl (C=O) groups is 1. The lowest BCUT2D eigenvalue weighted by Gasteiger charge is -2.16. The van der Waals surface area contributed by atoms with E-state index in [1.165, 1.54) is 24.0 Å². The van der Waals surface area contributed by atoms with Crippen molar-refractivity contribution in [3.05, 3.63) is 34.9 Å². The summed E-state index contributed by atoms with van der Waals surface area (Å²) < 4.78 is 0. The number of nitriles is 1. The number of hydrogen-bond acceptors (Lipinski definition) is 2. The SMILES string of the molecule is C[C@@H](C#N)CNC(=O)c1ccc2c(c1)CCCC2. The Hall–Kier alpha value is -1.82. The Morgan fingerprint density at radius 1 is 1.39 bits per heavy atom. The van der Waals surface area contributed by atoms with Crippen molar-refractivity contribution in [1.29, 1.82) is 5.26 Å². The summed E-state index contributed by atoms with van der Waals surface area (Å²) in [6.07, 6.45) is 4.66. The van der Waals surface area contributed by atoms with Gasteiger partial charge in [0.05, 0.1) is 12.0 Å². The molecule has 1 aromatic carbocycles. The molecule has 1 N–H and O–H groups in total. The van der Waals surface area contributed by atoms with Crippen LogP contribution in [-0.4, -0.2) is 12.5 Å². The number of amides is 1. The first kappa shape index (κ1) is 12.6. The van der Waals surface area contributed by atoms with Gasteiger partial charge in [-0.25, -0.2) is 0 Å². The molecule has 3 nitrogen and oxygen atoms in total. The van der Waals surface area contributed by atoms with Crippen LogP contribution < -0.4 is 5.32 Å². The van der Waals surface area contributed by atoms with E-state index in [-0.39, 0.29) is 11.8 Å². The molecule has 0 aliphatic heterocycles. The minimum atomic E-state index is -0.147. The highest BCUT2D eigenvalue weighted by Crippen LogP contribution is 2.22. The van der Waals surface area contributed by atoms with Crippen molar-refractivity contribution >= 4 is 5.91 Å². The molecule has 1 aromatic rings. The summed E-state index contributed by atoms with van der Waals surface area (Å²) in [4.78, 5) is 11.9. The van der Waals surface area contributed by atoms with Gasteiger partial charge in [0.2, 0.25) is 0 Å². The van der Waals surface area contributed by atoms with Gasteiger partial charge in [0.15, 0.2) is 0 Å². The number of aryl methyl sites for hydroxylation is 2. The molecule has 0 heterocycles. The molecule has 1 atom stereocenters. The number of benzene rings is 1. The Morgan fingerprint density at radius 3 is 2.83 bits per heavy atom. The molecule has 0 spiro atoms. The van der Waals surface area contributed by atoms with Crippen LogP contribution in [0, 0.1) is 17.2 Å². The maximum atomic E-state index is 11.9. The summed E-state index contributed by atoms with van der Waals surface area (Å²) in [7, 11) is 0. The molecule has 3 heteroatoms. The zero-order chi connectivity index (χ0) is 13.0. The molecule has 0 saturated carbocycles. The molecule has 1 aliphatic rings. The summed E-state index contributed by atoms with van der Waals surface area (Å²) in [5, 5.41) is 11.5. The van der Waals surface area contributed by atoms with E-state index in [0.717, 1.165) is 12.8 Å². The van der Waals surface area contributed by atoms with Crippen molar-refractivity contribution < 1.29 is 4.79 Å². The average Bonchev–Trinajstić information content (AvgIpc) is 2.43. The third-order valence-electron chi connectivity index (χ3n) is 3.40. The van der Waals surface area contributed by atoms with Crippen molar-refractivity contribution in [3.63, 3.8) is 0 Å². The monoisotopic (exact) mass is 242 g/mol. The highest BCUT2D eigenvalue weighted by atomic mass is 16.1. The number of fused-ring (bicyclic) bond motifs is 1. The molecule has 2 rings (SSSR count). The van der Waals surface area contributed by atoms with Gasteiger partial charge in [-0.3, -0.25) is 4.79 Å². The lowest BCUT2D eigenvalue weighted by molar-refractivity contribution is 0.0950. The fraction of sp³-hybridized carbons (Fsp3) is 0.467. The summed E-state index contributed by atoms with van der Waals surface area (Å²) in [6.45, 7) is 2.21. The molecule has 0 unspecified atom stereocenters. The molecule has 18 heavy (non-hydrogen) atoms. The van der Waals surface area contributed by atoms with Gasteiger partial charge in [-0.2, -0.15) is 5.26 Å². The third kappa shape index (κ3) is 2.89. The van der Waals surface area contributed by atoms with Gasteiger partial charge in [-0.05, 0) is 55.9 Å². The van der Waals surface area contributed by atoms with Gasteiger partial charge in [0, 0.05) is 12.1 Å². The topological polar surface area (TPSA) is 52.9 Å². The highest BCUT2D eigenvalue weighted by molar-refractivity contribution is 5.94. The molecule has 0 aromatic heterocycles. The predicted octanol–water partition coefficient (Wildman–Crippen LogP) is 2.45. The molecule has 94 valence electrons. The second-order valence-electron chi connectivity index (χ2n) is 4.93. The van der Waals surface area contributed by atoms with Crippen LogP contribution in [0.3, 0.4) is 0 Å². The molecule has 0 fully saturated rings. The Balaban J connectivity index is 2.05. The van der Waals surface area contributed by atoms with Gasteiger partial charge in [-0.15, -0.1) is 0 Å². The Bertz CT molecular complexity index is 488. The predicted molar refractivity (Wildman–Crippen MR) is 70.2 cm³/mol. The molecule has 1 aliphatic carbocycles. The molecular weight excluding hydrogens is 224 g/mol. The number of nitrogens with zero attached hydrogens (tertiary/aromatic N) is 1. The van der Waals surface area contributed by atoms with Crippen LogP contribution in [0.25, 0.3) is 0 Å². The van der Waals surface area contributed by atoms with Crippen molar-refractivity contribution in [2.75, 3.05) is 6.54 Å². The summed E-state index contributed by atoms with van der Waals surface area (Å²) in [6, 6.07) is 8.06. The average molecular weight is 242 g/mol. The first-order valence-corrected chi connectivity index (χ1v) is 6.50. The summed E-state index contributed by atoms with van der Waals surface area (Å²) in [5.41, 5.74) is 3.39. The molecule has 0 saturated heterocycles. The smallest absolute Gasteiger partial charge is 0.251 e. The standard InChI is InChI=1S/C15H18N2O/c1-11(9-16)10-17-15(18)14-7-6-12-4-2-3-5-13(12)8-14/h6-8,11H,2-5,10H2,1H3,(H,17,18)/t11-/m0/s1. The lowest BCUT2D eigenvalue weighted by Crippen LogP contribution is -2.28. The van der Waals surface area contributed by atoms with Crippen LogP contribution >= 0.6 is 0 Å². The molecule has 0 bridgehead atoms. The van der Waals surface area contributed by atoms with Crippen LogP contribution in [0.5, 0.6) is 0 Å². The minimum Gasteiger partial charge on any atom is -0.351 e. The van der Waals surface area contributed by atoms with Crippen molar-refractivity contribution in [2.24, 2.45) is 5.92 Å². The summed E-state index contributed by atoms with van der Waals surface area (Å²) in [5.74, 6) is -0.225. The largest absolute Gasteiger partial charge is 0.351 e.